The number of allylic oxidation sites excluding steroid dienone is 2. The molecule has 23 heavy (non-hydrogen) atoms. The maximum Gasteiger partial charge on any atom is 0.228 e. The molecule has 1 aliphatic heterocycles. The Kier molecular flexibility index (Phi) is 3.47. The summed E-state index contributed by atoms with van der Waals surface area (Å²) in [4.78, 5) is 26.2. The van der Waals surface area contributed by atoms with Crippen LogP contribution in [0.2, 0.25) is 0 Å². The van der Waals surface area contributed by atoms with Crippen LogP contribution < -0.4 is 10.2 Å². The number of amides is 2. The normalized spacial score (nSPS) is 28.7. The zero-order chi connectivity index (χ0) is 16.0. The van der Waals surface area contributed by atoms with Crippen molar-refractivity contribution < 1.29 is 9.59 Å². The number of nitrogens with zero attached hydrogens (tertiary/aromatic N) is 1. The van der Waals surface area contributed by atoms with Gasteiger partial charge in [0, 0.05) is 30.3 Å². The van der Waals surface area contributed by atoms with Gasteiger partial charge >= 0.3 is 0 Å². The van der Waals surface area contributed by atoms with Gasteiger partial charge in [-0.2, -0.15) is 0 Å². The summed E-state index contributed by atoms with van der Waals surface area (Å²) in [7, 11) is 0. The fraction of sp³-hybridized carbons (Fsp3) is 0.474. The van der Waals surface area contributed by atoms with Gasteiger partial charge in [0.25, 0.3) is 0 Å². The van der Waals surface area contributed by atoms with Crippen LogP contribution in [-0.2, 0) is 9.59 Å². The molecule has 1 aromatic rings. The van der Waals surface area contributed by atoms with Crippen molar-refractivity contribution in [1.29, 1.82) is 0 Å². The summed E-state index contributed by atoms with van der Waals surface area (Å²) in [6, 6.07) is 5.84. The van der Waals surface area contributed by atoms with E-state index in [1.54, 1.807) is 0 Å². The molecule has 4 rings (SSSR count). The van der Waals surface area contributed by atoms with E-state index in [2.05, 4.69) is 17.5 Å². The van der Waals surface area contributed by atoms with Gasteiger partial charge in [-0.1, -0.05) is 12.2 Å². The maximum absolute atomic E-state index is 12.5. The third kappa shape index (κ3) is 2.56. The Morgan fingerprint density at radius 1 is 1.26 bits per heavy atom. The lowest BCUT2D eigenvalue weighted by Gasteiger charge is -2.20. The molecule has 1 heterocycles. The van der Waals surface area contributed by atoms with Gasteiger partial charge in [0.2, 0.25) is 11.8 Å². The second-order valence-electron chi connectivity index (χ2n) is 7.03. The molecule has 3 unspecified atom stereocenters. The summed E-state index contributed by atoms with van der Waals surface area (Å²) >= 11 is 0. The van der Waals surface area contributed by atoms with E-state index in [0.29, 0.717) is 18.3 Å². The minimum Gasteiger partial charge on any atom is -0.326 e. The van der Waals surface area contributed by atoms with Gasteiger partial charge in [0.05, 0.1) is 0 Å². The first-order valence-electron chi connectivity index (χ1n) is 8.52. The quantitative estimate of drug-likeness (QED) is 0.871. The largest absolute Gasteiger partial charge is 0.326 e. The molecule has 1 N–H and O–H groups in total. The van der Waals surface area contributed by atoms with Crippen molar-refractivity contribution in [3.05, 3.63) is 35.9 Å². The Morgan fingerprint density at radius 2 is 2.13 bits per heavy atom. The molecule has 4 nitrogen and oxygen atoms in total. The van der Waals surface area contributed by atoms with Crippen LogP contribution in [0.4, 0.5) is 11.4 Å². The number of hydrogen-bond donors (Lipinski definition) is 1. The lowest BCUT2D eigenvalue weighted by Crippen LogP contribution is -2.26. The molecule has 4 heteroatoms. The van der Waals surface area contributed by atoms with E-state index in [4.69, 9.17) is 0 Å². The maximum atomic E-state index is 12.5. The van der Waals surface area contributed by atoms with E-state index in [9.17, 15) is 9.59 Å². The van der Waals surface area contributed by atoms with Crippen molar-refractivity contribution >= 4 is 23.2 Å². The highest BCUT2D eigenvalue weighted by atomic mass is 16.2. The molecule has 2 bridgehead atoms. The van der Waals surface area contributed by atoms with Gasteiger partial charge in [-0.15, -0.1) is 0 Å². The van der Waals surface area contributed by atoms with E-state index in [-0.39, 0.29) is 17.7 Å². The molecule has 3 atom stereocenters. The van der Waals surface area contributed by atoms with Gasteiger partial charge in [-0.25, -0.2) is 0 Å². The van der Waals surface area contributed by atoms with Crippen LogP contribution >= 0.6 is 0 Å². The number of carbonyl (C=O) groups excluding carboxylic acids is 2. The molecule has 2 aliphatic carbocycles. The van der Waals surface area contributed by atoms with Crippen LogP contribution in [0.3, 0.4) is 0 Å². The topological polar surface area (TPSA) is 49.4 Å². The number of fused-ring (bicyclic) bond motifs is 2. The van der Waals surface area contributed by atoms with Crippen molar-refractivity contribution in [2.75, 3.05) is 16.8 Å². The SMILES string of the molecule is Cc1cc(NC(=O)C2CC3C=CC2C3)ccc1N1CCCC1=O. The first-order chi connectivity index (χ1) is 11.1. The third-order valence-electron chi connectivity index (χ3n) is 5.44. The summed E-state index contributed by atoms with van der Waals surface area (Å²) in [6.45, 7) is 2.79. The Hall–Kier alpha value is -2.10. The van der Waals surface area contributed by atoms with Crippen LogP contribution in [0, 0.1) is 24.7 Å². The highest BCUT2D eigenvalue weighted by Crippen LogP contribution is 2.43. The van der Waals surface area contributed by atoms with Gasteiger partial charge in [0.15, 0.2) is 0 Å². The summed E-state index contributed by atoms with van der Waals surface area (Å²) in [5.74, 6) is 1.46. The van der Waals surface area contributed by atoms with Crippen molar-refractivity contribution in [3.8, 4) is 0 Å². The average Bonchev–Trinajstić information content (AvgIpc) is 3.24. The molecule has 120 valence electrons. The van der Waals surface area contributed by atoms with Crippen LogP contribution in [0.25, 0.3) is 0 Å². The first kappa shape index (κ1) is 14.5. The standard InChI is InChI=1S/C19H22N2O2/c1-12-9-15(6-7-17(12)21-8-2-3-18(21)22)20-19(23)16-11-13-4-5-14(16)10-13/h4-7,9,13-14,16H,2-3,8,10-11H2,1H3,(H,20,23). The Bertz CT molecular complexity index is 695. The van der Waals surface area contributed by atoms with Crippen LogP contribution in [0.15, 0.2) is 30.4 Å². The van der Waals surface area contributed by atoms with Gasteiger partial charge < -0.3 is 10.2 Å². The molecule has 0 radical (unpaired) electrons. The number of benzene rings is 1. The molecule has 1 aromatic carbocycles. The predicted molar refractivity (Wildman–Crippen MR) is 90.2 cm³/mol. The minimum atomic E-state index is 0.116. The zero-order valence-electron chi connectivity index (χ0n) is 13.4. The highest BCUT2D eigenvalue weighted by molar-refractivity contribution is 5.97. The molecule has 0 spiro atoms. The number of nitrogens with one attached hydrogen (secondary N) is 1. The van der Waals surface area contributed by atoms with Crippen LogP contribution in [0.5, 0.6) is 0 Å². The second-order valence-corrected chi connectivity index (χ2v) is 7.03. The van der Waals surface area contributed by atoms with E-state index in [1.807, 2.05) is 30.0 Å². The lowest BCUT2D eigenvalue weighted by molar-refractivity contribution is -0.120. The Labute approximate surface area is 136 Å². The number of rotatable bonds is 3. The van der Waals surface area contributed by atoms with E-state index < -0.39 is 0 Å². The Morgan fingerprint density at radius 3 is 2.74 bits per heavy atom. The zero-order valence-corrected chi connectivity index (χ0v) is 13.4. The molecule has 1 saturated heterocycles. The molecular formula is C19H22N2O2. The smallest absolute Gasteiger partial charge is 0.228 e. The summed E-state index contributed by atoms with van der Waals surface area (Å²) in [5.41, 5.74) is 2.83. The number of hydrogen-bond acceptors (Lipinski definition) is 2. The number of anilines is 2. The van der Waals surface area contributed by atoms with E-state index in [0.717, 1.165) is 42.7 Å². The molecule has 0 aromatic heterocycles. The number of carbonyl (C=O) groups is 2. The van der Waals surface area contributed by atoms with Crippen molar-refractivity contribution in [2.45, 2.75) is 32.6 Å². The third-order valence-corrected chi connectivity index (χ3v) is 5.44. The molecule has 2 amide bonds. The predicted octanol–water partition coefficient (Wildman–Crippen LogP) is 3.27. The fourth-order valence-electron chi connectivity index (χ4n) is 4.26. The summed E-state index contributed by atoms with van der Waals surface area (Å²) in [6.07, 6.45) is 8.12. The molecule has 1 saturated carbocycles. The highest BCUT2D eigenvalue weighted by Gasteiger charge is 2.39. The minimum absolute atomic E-state index is 0.116. The van der Waals surface area contributed by atoms with Crippen LogP contribution in [0.1, 0.15) is 31.2 Å². The van der Waals surface area contributed by atoms with Gasteiger partial charge in [-0.3, -0.25) is 9.59 Å². The monoisotopic (exact) mass is 310 g/mol. The van der Waals surface area contributed by atoms with Gasteiger partial charge in [0.1, 0.15) is 0 Å². The average molecular weight is 310 g/mol. The summed E-state index contributed by atoms with van der Waals surface area (Å²) in [5, 5.41) is 3.06. The molecule has 2 fully saturated rings. The first-order valence-corrected chi connectivity index (χ1v) is 8.52. The van der Waals surface area contributed by atoms with Crippen molar-refractivity contribution in [2.24, 2.45) is 17.8 Å². The van der Waals surface area contributed by atoms with Crippen molar-refractivity contribution in [1.82, 2.24) is 0 Å². The number of aryl methyl sites for hydroxylation is 1. The molecular weight excluding hydrogens is 288 g/mol. The second kappa shape index (κ2) is 5.52. The summed E-state index contributed by atoms with van der Waals surface area (Å²) < 4.78 is 0. The molecule has 3 aliphatic rings. The van der Waals surface area contributed by atoms with Gasteiger partial charge in [-0.05, 0) is 61.8 Å². The van der Waals surface area contributed by atoms with Crippen LogP contribution in [-0.4, -0.2) is 18.4 Å². The van der Waals surface area contributed by atoms with Crippen molar-refractivity contribution in [3.63, 3.8) is 0 Å². The van der Waals surface area contributed by atoms with E-state index in [1.165, 1.54) is 0 Å². The Balaban J connectivity index is 1.47. The lowest BCUT2D eigenvalue weighted by atomic mass is 9.93. The fourth-order valence-corrected chi connectivity index (χ4v) is 4.26. The van der Waals surface area contributed by atoms with E-state index >= 15 is 0 Å².